The molecule has 0 saturated carbocycles. The molecule has 0 unspecified atom stereocenters. The van der Waals surface area contributed by atoms with Gasteiger partial charge >= 0.3 is 10.2 Å². The van der Waals surface area contributed by atoms with E-state index >= 15 is 0 Å². The van der Waals surface area contributed by atoms with Crippen LogP contribution in [-0.2, 0) is 10.2 Å². The summed E-state index contributed by atoms with van der Waals surface area (Å²) in [4.78, 5) is 0. The summed E-state index contributed by atoms with van der Waals surface area (Å²) in [6.07, 6.45) is 0. The standard InChI is InChI=1S/C9H12N2O3S/c1-14-9-4-2-3-8(7-9)11-6-5-10-15(11,12)13/h2-4,7,10H,5-6H2,1H3. The molecule has 0 spiro atoms. The van der Waals surface area contributed by atoms with Gasteiger partial charge in [-0.2, -0.15) is 13.1 Å². The van der Waals surface area contributed by atoms with Gasteiger partial charge in [-0.15, -0.1) is 0 Å². The highest BCUT2D eigenvalue weighted by Gasteiger charge is 2.27. The van der Waals surface area contributed by atoms with Crippen LogP contribution in [0.4, 0.5) is 5.69 Å². The van der Waals surface area contributed by atoms with E-state index in [9.17, 15) is 8.42 Å². The Morgan fingerprint density at radius 1 is 1.47 bits per heavy atom. The minimum Gasteiger partial charge on any atom is -0.497 e. The smallest absolute Gasteiger partial charge is 0.301 e. The summed E-state index contributed by atoms with van der Waals surface area (Å²) in [6.45, 7) is 0.898. The first-order valence-corrected chi connectivity index (χ1v) is 5.99. The molecule has 2 rings (SSSR count). The third kappa shape index (κ3) is 1.91. The summed E-state index contributed by atoms with van der Waals surface area (Å²) in [5.74, 6) is 0.648. The van der Waals surface area contributed by atoms with E-state index in [1.807, 2.05) is 0 Å². The molecule has 82 valence electrons. The minimum absolute atomic E-state index is 0.444. The number of hydrogen-bond acceptors (Lipinski definition) is 3. The fourth-order valence-electron chi connectivity index (χ4n) is 1.51. The lowest BCUT2D eigenvalue weighted by molar-refractivity contribution is 0.415. The zero-order chi connectivity index (χ0) is 10.9. The van der Waals surface area contributed by atoms with E-state index < -0.39 is 10.2 Å². The predicted octanol–water partition coefficient (Wildman–Crippen LogP) is 0.350. The van der Waals surface area contributed by atoms with Gasteiger partial charge < -0.3 is 4.74 Å². The van der Waals surface area contributed by atoms with Crippen molar-refractivity contribution in [2.24, 2.45) is 0 Å². The fraction of sp³-hybridized carbons (Fsp3) is 0.333. The molecule has 0 amide bonds. The normalized spacial score (nSPS) is 19.1. The Morgan fingerprint density at radius 3 is 2.87 bits per heavy atom. The molecule has 6 heteroatoms. The molecule has 1 aromatic rings. The lowest BCUT2D eigenvalue weighted by Crippen LogP contribution is -2.29. The number of methoxy groups -OCH3 is 1. The van der Waals surface area contributed by atoms with Crippen LogP contribution in [0.5, 0.6) is 5.75 Å². The SMILES string of the molecule is COc1cccc(N2CCNS2(=O)=O)c1. The van der Waals surface area contributed by atoms with Gasteiger partial charge in [0.15, 0.2) is 0 Å². The largest absolute Gasteiger partial charge is 0.497 e. The first-order valence-electron chi connectivity index (χ1n) is 4.55. The number of anilines is 1. The molecule has 5 nitrogen and oxygen atoms in total. The van der Waals surface area contributed by atoms with Crippen molar-refractivity contribution in [1.82, 2.24) is 4.72 Å². The van der Waals surface area contributed by atoms with Crippen molar-refractivity contribution in [2.75, 3.05) is 24.5 Å². The second-order valence-corrected chi connectivity index (χ2v) is 4.85. The van der Waals surface area contributed by atoms with Crippen molar-refractivity contribution in [3.63, 3.8) is 0 Å². The van der Waals surface area contributed by atoms with Gasteiger partial charge in [0.1, 0.15) is 5.75 Å². The molecule has 0 bridgehead atoms. The maximum absolute atomic E-state index is 11.5. The Morgan fingerprint density at radius 2 is 2.27 bits per heavy atom. The van der Waals surface area contributed by atoms with E-state index in [4.69, 9.17) is 4.74 Å². The maximum atomic E-state index is 11.5. The summed E-state index contributed by atoms with van der Waals surface area (Å²) in [6, 6.07) is 6.99. The summed E-state index contributed by atoms with van der Waals surface area (Å²) in [5, 5.41) is 0. The van der Waals surface area contributed by atoms with Crippen molar-refractivity contribution in [1.29, 1.82) is 0 Å². The molecule has 0 aromatic heterocycles. The van der Waals surface area contributed by atoms with Gasteiger partial charge in [0.2, 0.25) is 0 Å². The van der Waals surface area contributed by atoms with Crippen LogP contribution >= 0.6 is 0 Å². The molecule has 1 heterocycles. The quantitative estimate of drug-likeness (QED) is 0.794. The third-order valence-corrected chi connectivity index (χ3v) is 3.77. The van der Waals surface area contributed by atoms with Gasteiger partial charge in [0.25, 0.3) is 0 Å². The van der Waals surface area contributed by atoms with Crippen molar-refractivity contribution in [2.45, 2.75) is 0 Å². The molecule has 1 aliphatic rings. The molecule has 0 atom stereocenters. The Balaban J connectivity index is 2.37. The van der Waals surface area contributed by atoms with Crippen LogP contribution < -0.4 is 13.8 Å². The molecule has 0 radical (unpaired) electrons. The summed E-state index contributed by atoms with van der Waals surface area (Å²) < 4.78 is 31.9. The van der Waals surface area contributed by atoms with Crippen molar-refractivity contribution in [3.05, 3.63) is 24.3 Å². The number of nitrogens with zero attached hydrogens (tertiary/aromatic N) is 1. The maximum Gasteiger partial charge on any atom is 0.301 e. The van der Waals surface area contributed by atoms with Crippen LogP contribution in [0.15, 0.2) is 24.3 Å². The lowest BCUT2D eigenvalue weighted by atomic mass is 10.3. The van der Waals surface area contributed by atoms with E-state index in [2.05, 4.69) is 4.72 Å². The van der Waals surface area contributed by atoms with E-state index in [-0.39, 0.29) is 0 Å². The molecule has 1 N–H and O–H groups in total. The summed E-state index contributed by atoms with van der Waals surface area (Å²) >= 11 is 0. The summed E-state index contributed by atoms with van der Waals surface area (Å²) in [5.41, 5.74) is 0.624. The molecule has 1 fully saturated rings. The Bertz CT molecular complexity index is 458. The minimum atomic E-state index is -3.34. The lowest BCUT2D eigenvalue weighted by Gasteiger charge is -2.16. The number of ether oxygens (including phenoxy) is 1. The highest BCUT2D eigenvalue weighted by Crippen LogP contribution is 2.24. The third-order valence-electron chi connectivity index (χ3n) is 2.23. The van der Waals surface area contributed by atoms with Crippen LogP contribution in [0.2, 0.25) is 0 Å². The fourth-order valence-corrected chi connectivity index (χ4v) is 2.74. The first kappa shape index (κ1) is 10.3. The second kappa shape index (κ2) is 3.71. The number of nitrogens with one attached hydrogen (secondary N) is 1. The Hall–Kier alpha value is -1.27. The monoisotopic (exact) mass is 228 g/mol. The Kier molecular flexibility index (Phi) is 2.54. The van der Waals surface area contributed by atoms with Gasteiger partial charge in [-0.3, -0.25) is 4.31 Å². The highest BCUT2D eigenvalue weighted by molar-refractivity contribution is 7.91. The number of hydrogen-bond donors (Lipinski definition) is 1. The molecular weight excluding hydrogens is 216 g/mol. The molecular formula is C9H12N2O3S. The van der Waals surface area contributed by atoms with Crippen LogP contribution in [0.25, 0.3) is 0 Å². The van der Waals surface area contributed by atoms with Crippen LogP contribution in [-0.4, -0.2) is 28.6 Å². The first-order chi connectivity index (χ1) is 7.13. The Labute approximate surface area is 88.8 Å². The zero-order valence-corrected chi connectivity index (χ0v) is 9.12. The molecule has 1 aromatic carbocycles. The van der Waals surface area contributed by atoms with Crippen molar-refractivity contribution in [3.8, 4) is 5.75 Å². The average molecular weight is 228 g/mol. The van der Waals surface area contributed by atoms with Crippen LogP contribution in [0.1, 0.15) is 0 Å². The van der Waals surface area contributed by atoms with Gasteiger partial charge in [-0.05, 0) is 12.1 Å². The van der Waals surface area contributed by atoms with Gasteiger partial charge in [-0.25, -0.2) is 0 Å². The van der Waals surface area contributed by atoms with Gasteiger partial charge in [0.05, 0.1) is 12.8 Å². The number of benzene rings is 1. The van der Waals surface area contributed by atoms with E-state index in [0.29, 0.717) is 24.5 Å². The van der Waals surface area contributed by atoms with Crippen LogP contribution in [0.3, 0.4) is 0 Å². The van der Waals surface area contributed by atoms with Crippen molar-refractivity contribution >= 4 is 15.9 Å². The number of rotatable bonds is 2. The second-order valence-electron chi connectivity index (χ2n) is 3.17. The highest BCUT2D eigenvalue weighted by atomic mass is 32.2. The molecule has 1 aliphatic heterocycles. The van der Waals surface area contributed by atoms with Crippen LogP contribution in [0, 0.1) is 0 Å². The average Bonchev–Trinajstić information content (AvgIpc) is 2.58. The molecule has 1 saturated heterocycles. The van der Waals surface area contributed by atoms with Gasteiger partial charge in [0, 0.05) is 19.2 Å². The molecule has 0 aliphatic carbocycles. The van der Waals surface area contributed by atoms with E-state index in [0.717, 1.165) is 0 Å². The summed E-state index contributed by atoms with van der Waals surface area (Å²) in [7, 11) is -1.79. The topological polar surface area (TPSA) is 58.6 Å². The van der Waals surface area contributed by atoms with E-state index in [1.165, 1.54) is 4.31 Å². The predicted molar refractivity (Wildman–Crippen MR) is 57.3 cm³/mol. The zero-order valence-electron chi connectivity index (χ0n) is 8.30. The molecule has 15 heavy (non-hydrogen) atoms. The van der Waals surface area contributed by atoms with E-state index in [1.54, 1.807) is 31.4 Å². The van der Waals surface area contributed by atoms with Gasteiger partial charge in [-0.1, -0.05) is 6.07 Å². The van der Waals surface area contributed by atoms with Crippen molar-refractivity contribution < 1.29 is 13.2 Å².